The fraction of sp³-hybridized carbons (Fsp3) is 0.786. The van der Waals surface area contributed by atoms with Crippen LogP contribution in [0.15, 0.2) is 5.38 Å². The number of aromatic nitrogens is 1. The van der Waals surface area contributed by atoms with Crippen molar-refractivity contribution in [3.8, 4) is 0 Å². The molecule has 0 aliphatic heterocycles. The Labute approximate surface area is 109 Å². The molecule has 0 bridgehead atoms. The van der Waals surface area contributed by atoms with E-state index >= 15 is 0 Å². The minimum atomic E-state index is 0.383. The van der Waals surface area contributed by atoms with Gasteiger partial charge in [0.25, 0.3) is 0 Å². The van der Waals surface area contributed by atoms with Crippen LogP contribution in [0.1, 0.15) is 74.5 Å². The van der Waals surface area contributed by atoms with Crippen LogP contribution < -0.4 is 5.32 Å². The second kappa shape index (κ2) is 6.50. The molecule has 1 aliphatic rings. The summed E-state index contributed by atoms with van der Waals surface area (Å²) >= 11 is 1.86. The summed E-state index contributed by atoms with van der Waals surface area (Å²) in [5, 5.41) is 6.87. The third-order valence-electron chi connectivity index (χ3n) is 3.87. The SMILES string of the molecule is CNC(C)c1csc(C2CCCCCCC2)n1. The van der Waals surface area contributed by atoms with Gasteiger partial charge in [-0.25, -0.2) is 4.98 Å². The first-order valence-electron chi connectivity index (χ1n) is 6.94. The van der Waals surface area contributed by atoms with Crippen LogP contribution in [-0.4, -0.2) is 12.0 Å². The molecule has 1 aromatic heterocycles. The fourth-order valence-corrected chi connectivity index (χ4v) is 3.62. The predicted molar refractivity (Wildman–Crippen MR) is 74.6 cm³/mol. The first-order chi connectivity index (χ1) is 8.31. The summed E-state index contributed by atoms with van der Waals surface area (Å²) in [6.07, 6.45) is 9.75. The van der Waals surface area contributed by atoms with E-state index in [0.29, 0.717) is 6.04 Å². The van der Waals surface area contributed by atoms with Gasteiger partial charge in [-0.2, -0.15) is 0 Å². The number of nitrogens with zero attached hydrogens (tertiary/aromatic N) is 1. The Morgan fingerprint density at radius 3 is 2.53 bits per heavy atom. The highest BCUT2D eigenvalue weighted by Gasteiger charge is 2.18. The molecule has 1 unspecified atom stereocenters. The number of hydrogen-bond acceptors (Lipinski definition) is 3. The van der Waals surface area contributed by atoms with Crippen molar-refractivity contribution < 1.29 is 0 Å². The van der Waals surface area contributed by atoms with Crippen molar-refractivity contribution in [3.05, 3.63) is 16.1 Å². The lowest BCUT2D eigenvalue weighted by Crippen LogP contribution is -2.13. The zero-order valence-corrected chi connectivity index (χ0v) is 11.9. The standard InChI is InChI=1S/C14H24N2S/c1-11(15-2)13-10-17-14(16-13)12-8-6-4-3-5-7-9-12/h10-12,15H,3-9H2,1-2H3. The highest BCUT2D eigenvalue weighted by Crippen LogP contribution is 2.33. The van der Waals surface area contributed by atoms with Gasteiger partial charge in [0, 0.05) is 17.3 Å². The molecule has 0 radical (unpaired) electrons. The van der Waals surface area contributed by atoms with Crippen molar-refractivity contribution in [1.29, 1.82) is 0 Å². The van der Waals surface area contributed by atoms with Crippen molar-refractivity contribution >= 4 is 11.3 Å². The number of thiazole rings is 1. The average molecular weight is 252 g/mol. The molecule has 1 aromatic rings. The molecule has 0 amide bonds. The predicted octanol–water partition coefficient (Wildman–Crippen LogP) is 4.25. The van der Waals surface area contributed by atoms with E-state index in [1.165, 1.54) is 55.6 Å². The van der Waals surface area contributed by atoms with Crippen molar-refractivity contribution in [1.82, 2.24) is 10.3 Å². The third-order valence-corrected chi connectivity index (χ3v) is 4.90. The Morgan fingerprint density at radius 1 is 1.24 bits per heavy atom. The largest absolute Gasteiger partial charge is 0.312 e. The molecule has 0 saturated heterocycles. The lowest BCUT2D eigenvalue weighted by atomic mass is 9.92. The van der Waals surface area contributed by atoms with Crippen LogP contribution in [0.5, 0.6) is 0 Å². The lowest BCUT2D eigenvalue weighted by molar-refractivity contribution is 0.453. The van der Waals surface area contributed by atoms with E-state index in [2.05, 4.69) is 17.6 Å². The summed E-state index contributed by atoms with van der Waals surface area (Å²) < 4.78 is 0. The maximum Gasteiger partial charge on any atom is 0.0959 e. The molecule has 1 fully saturated rings. The van der Waals surface area contributed by atoms with E-state index in [1.807, 2.05) is 18.4 Å². The summed E-state index contributed by atoms with van der Waals surface area (Å²) in [7, 11) is 2.00. The molecule has 1 saturated carbocycles. The highest BCUT2D eigenvalue weighted by atomic mass is 32.1. The Morgan fingerprint density at radius 2 is 1.88 bits per heavy atom. The monoisotopic (exact) mass is 252 g/mol. The van der Waals surface area contributed by atoms with Gasteiger partial charge in [0.05, 0.1) is 10.7 Å². The molecule has 2 rings (SSSR count). The molecule has 3 heteroatoms. The third kappa shape index (κ3) is 3.52. The van der Waals surface area contributed by atoms with Crippen LogP contribution in [0.4, 0.5) is 0 Å². The quantitative estimate of drug-likeness (QED) is 0.870. The van der Waals surface area contributed by atoms with Crippen LogP contribution in [0, 0.1) is 0 Å². The Kier molecular flexibility index (Phi) is 4.99. The van der Waals surface area contributed by atoms with E-state index in [4.69, 9.17) is 4.98 Å². The van der Waals surface area contributed by atoms with E-state index in [9.17, 15) is 0 Å². The van der Waals surface area contributed by atoms with Gasteiger partial charge in [0.2, 0.25) is 0 Å². The maximum atomic E-state index is 4.83. The Bertz CT molecular complexity index is 327. The molecule has 0 aromatic carbocycles. The summed E-state index contributed by atoms with van der Waals surface area (Å²) in [6, 6.07) is 0.383. The van der Waals surface area contributed by atoms with Gasteiger partial charge in [-0.1, -0.05) is 32.1 Å². The van der Waals surface area contributed by atoms with E-state index in [1.54, 1.807) is 0 Å². The van der Waals surface area contributed by atoms with Gasteiger partial charge in [-0.05, 0) is 26.8 Å². The van der Waals surface area contributed by atoms with Crippen LogP contribution in [0.25, 0.3) is 0 Å². The first kappa shape index (κ1) is 13.0. The minimum absolute atomic E-state index is 0.383. The van der Waals surface area contributed by atoms with Gasteiger partial charge in [-0.15, -0.1) is 11.3 Å². The number of rotatable bonds is 3. The van der Waals surface area contributed by atoms with Crippen molar-refractivity contribution in [2.75, 3.05) is 7.05 Å². The van der Waals surface area contributed by atoms with E-state index < -0.39 is 0 Å². The smallest absolute Gasteiger partial charge is 0.0959 e. The minimum Gasteiger partial charge on any atom is -0.312 e. The highest BCUT2D eigenvalue weighted by molar-refractivity contribution is 7.09. The van der Waals surface area contributed by atoms with Gasteiger partial charge >= 0.3 is 0 Å². The molecular weight excluding hydrogens is 228 g/mol. The summed E-state index contributed by atoms with van der Waals surface area (Å²) in [5.74, 6) is 0.734. The normalized spacial score (nSPS) is 20.8. The van der Waals surface area contributed by atoms with Crippen LogP contribution >= 0.6 is 11.3 Å². The average Bonchev–Trinajstić information content (AvgIpc) is 2.77. The maximum absolute atomic E-state index is 4.83. The van der Waals surface area contributed by atoms with E-state index in [0.717, 1.165) is 5.92 Å². The van der Waals surface area contributed by atoms with Gasteiger partial charge in [0.1, 0.15) is 0 Å². The molecular formula is C14H24N2S. The molecule has 1 heterocycles. The molecule has 17 heavy (non-hydrogen) atoms. The summed E-state index contributed by atoms with van der Waals surface area (Å²) in [5.41, 5.74) is 1.22. The Hall–Kier alpha value is -0.410. The van der Waals surface area contributed by atoms with Crippen molar-refractivity contribution in [2.45, 2.75) is 63.8 Å². The van der Waals surface area contributed by atoms with Gasteiger partial charge in [-0.3, -0.25) is 0 Å². The van der Waals surface area contributed by atoms with Crippen molar-refractivity contribution in [3.63, 3.8) is 0 Å². The second-order valence-electron chi connectivity index (χ2n) is 5.16. The lowest BCUT2D eigenvalue weighted by Gasteiger charge is -2.17. The molecule has 96 valence electrons. The van der Waals surface area contributed by atoms with Crippen LogP contribution in [0.3, 0.4) is 0 Å². The molecule has 1 N–H and O–H groups in total. The number of hydrogen-bond donors (Lipinski definition) is 1. The fourth-order valence-electron chi connectivity index (χ4n) is 2.54. The topological polar surface area (TPSA) is 24.9 Å². The number of nitrogens with one attached hydrogen (secondary N) is 1. The zero-order chi connectivity index (χ0) is 12.1. The summed E-state index contributed by atoms with van der Waals surface area (Å²) in [4.78, 5) is 4.83. The summed E-state index contributed by atoms with van der Waals surface area (Å²) in [6.45, 7) is 2.18. The molecule has 0 spiro atoms. The first-order valence-corrected chi connectivity index (χ1v) is 7.82. The molecule has 1 atom stereocenters. The van der Waals surface area contributed by atoms with Gasteiger partial charge < -0.3 is 5.32 Å². The van der Waals surface area contributed by atoms with Crippen molar-refractivity contribution in [2.24, 2.45) is 0 Å². The van der Waals surface area contributed by atoms with Crippen LogP contribution in [0.2, 0.25) is 0 Å². The molecule has 2 nitrogen and oxygen atoms in total. The zero-order valence-electron chi connectivity index (χ0n) is 11.0. The second-order valence-corrected chi connectivity index (χ2v) is 6.05. The van der Waals surface area contributed by atoms with Crippen LogP contribution in [-0.2, 0) is 0 Å². The molecule has 1 aliphatic carbocycles. The Balaban J connectivity index is 2.01. The van der Waals surface area contributed by atoms with E-state index in [-0.39, 0.29) is 0 Å². The van der Waals surface area contributed by atoms with Gasteiger partial charge in [0.15, 0.2) is 0 Å².